The number of aliphatic hydroxyl groups excluding tert-OH is 1. The SMILES string of the molecule is CCOC(=O)C(O)c1ccc(C=O)c2c1OCCCO2. The fourth-order valence-electron chi connectivity index (χ4n) is 1.95. The zero-order valence-electron chi connectivity index (χ0n) is 11.1. The molecule has 20 heavy (non-hydrogen) atoms. The lowest BCUT2D eigenvalue weighted by Gasteiger charge is -2.17. The highest BCUT2D eigenvalue weighted by Crippen LogP contribution is 2.39. The van der Waals surface area contributed by atoms with Crippen LogP contribution in [0.1, 0.15) is 35.4 Å². The molecule has 108 valence electrons. The Morgan fingerprint density at radius 3 is 2.75 bits per heavy atom. The summed E-state index contributed by atoms with van der Waals surface area (Å²) in [7, 11) is 0. The van der Waals surface area contributed by atoms with Crippen LogP contribution in [-0.4, -0.2) is 37.2 Å². The molecule has 6 heteroatoms. The summed E-state index contributed by atoms with van der Waals surface area (Å²) in [5.41, 5.74) is 0.563. The second kappa shape index (κ2) is 6.38. The van der Waals surface area contributed by atoms with E-state index in [4.69, 9.17) is 14.2 Å². The molecule has 0 aromatic heterocycles. The highest BCUT2D eigenvalue weighted by molar-refractivity contribution is 5.84. The first-order valence-electron chi connectivity index (χ1n) is 6.41. The van der Waals surface area contributed by atoms with Crippen LogP contribution in [0.2, 0.25) is 0 Å². The molecule has 1 aromatic carbocycles. The molecule has 0 spiro atoms. The van der Waals surface area contributed by atoms with E-state index >= 15 is 0 Å². The van der Waals surface area contributed by atoms with Crippen molar-refractivity contribution in [2.45, 2.75) is 19.4 Å². The number of carbonyl (C=O) groups excluding carboxylic acids is 2. The third-order valence-corrected chi connectivity index (χ3v) is 2.89. The Bertz CT molecular complexity index is 511. The molecule has 1 N–H and O–H groups in total. The highest BCUT2D eigenvalue weighted by atomic mass is 16.5. The molecule has 0 amide bonds. The maximum Gasteiger partial charge on any atom is 0.339 e. The number of ether oxygens (including phenoxy) is 3. The van der Waals surface area contributed by atoms with Crippen molar-refractivity contribution >= 4 is 12.3 Å². The van der Waals surface area contributed by atoms with Crippen molar-refractivity contribution in [2.24, 2.45) is 0 Å². The summed E-state index contributed by atoms with van der Waals surface area (Å²) in [5.74, 6) is -0.271. The van der Waals surface area contributed by atoms with Crippen LogP contribution in [0.25, 0.3) is 0 Å². The standard InChI is InChI=1S/C14H16O6/c1-2-18-14(17)11(16)10-5-4-9(8-15)12-13(10)20-7-3-6-19-12/h4-5,8,11,16H,2-3,6-7H2,1H3. The summed E-state index contributed by atoms with van der Waals surface area (Å²) < 4.78 is 15.8. The van der Waals surface area contributed by atoms with E-state index in [9.17, 15) is 14.7 Å². The fourth-order valence-corrected chi connectivity index (χ4v) is 1.95. The van der Waals surface area contributed by atoms with Crippen molar-refractivity contribution in [3.63, 3.8) is 0 Å². The van der Waals surface area contributed by atoms with Crippen molar-refractivity contribution < 1.29 is 28.9 Å². The summed E-state index contributed by atoms with van der Waals surface area (Å²) in [6.45, 7) is 2.62. The number of hydrogen-bond donors (Lipinski definition) is 1. The number of hydrogen-bond acceptors (Lipinski definition) is 6. The topological polar surface area (TPSA) is 82.1 Å². The molecule has 2 rings (SSSR count). The lowest BCUT2D eigenvalue weighted by Crippen LogP contribution is -2.16. The molecule has 0 aliphatic carbocycles. The van der Waals surface area contributed by atoms with Crippen molar-refractivity contribution in [3.05, 3.63) is 23.3 Å². The van der Waals surface area contributed by atoms with Gasteiger partial charge < -0.3 is 19.3 Å². The van der Waals surface area contributed by atoms with Crippen LogP contribution in [0, 0.1) is 0 Å². The van der Waals surface area contributed by atoms with E-state index in [1.54, 1.807) is 6.92 Å². The summed E-state index contributed by atoms with van der Waals surface area (Å²) in [5, 5.41) is 10.0. The van der Waals surface area contributed by atoms with Crippen LogP contribution in [-0.2, 0) is 9.53 Å². The van der Waals surface area contributed by atoms with Gasteiger partial charge in [0.15, 0.2) is 23.9 Å². The third kappa shape index (κ3) is 2.75. The van der Waals surface area contributed by atoms with Crippen molar-refractivity contribution in [3.8, 4) is 11.5 Å². The monoisotopic (exact) mass is 280 g/mol. The first-order valence-corrected chi connectivity index (χ1v) is 6.41. The quantitative estimate of drug-likeness (QED) is 0.660. The van der Waals surface area contributed by atoms with Crippen LogP contribution < -0.4 is 9.47 Å². The van der Waals surface area contributed by atoms with Gasteiger partial charge in [-0.3, -0.25) is 4.79 Å². The van der Waals surface area contributed by atoms with Crippen molar-refractivity contribution in [1.82, 2.24) is 0 Å². The van der Waals surface area contributed by atoms with E-state index in [-0.39, 0.29) is 23.7 Å². The average Bonchev–Trinajstić information content (AvgIpc) is 2.71. The van der Waals surface area contributed by atoms with Gasteiger partial charge in [0.05, 0.1) is 25.4 Å². The highest BCUT2D eigenvalue weighted by Gasteiger charge is 2.27. The Hall–Kier alpha value is -2.08. The minimum absolute atomic E-state index is 0.169. The van der Waals surface area contributed by atoms with Crippen LogP contribution >= 0.6 is 0 Å². The van der Waals surface area contributed by atoms with Gasteiger partial charge in [0.2, 0.25) is 0 Å². The number of aliphatic hydroxyl groups is 1. The number of rotatable bonds is 4. The number of carbonyl (C=O) groups is 2. The molecule has 6 nitrogen and oxygen atoms in total. The van der Waals surface area contributed by atoms with E-state index in [0.29, 0.717) is 31.5 Å². The number of fused-ring (bicyclic) bond motifs is 1. The second-order valence-electron chi connectivity index (χ2n) is 4.23. The van der Waals surface area contributed by atoms with Crippen LogP contribution in [0.5, 0.6) is 11.5 Å². The van der Waals surface area contributed by atoms with Crippen molar-refractivity contribution in [2.75, 3.05) is 19.8 Å². The van der Waals surface area contributed by atoms with Gasteiger partial charge in [0.25, 0.3) is 0 Å². The van der Waals surface area contributed by atoms with Crippen molar-refractivity contribution in [1.29, 1.82) is 0 Å². The zero-order chi connectivity index (χ0) is 14.5. The lowest BCUT2D eigenvalue weighted by molar-refractivity contribution is -0.153. The fraction of sp³-hybridized carbons (Fsp3) is 0.429. The molecule has 0 saturated heterocycles. The average molecular weight is 280 g/mol. The Balaban J connectivity index is 2.43. The Kier molecular flexibility index (Phi) is 4.57. The zero-order valence-corrected chi connectivity index (χ0v) is 11.1. The third-order valence-electron chi connectivity index (χ3n) is 2.89. The molecule has 0 radical (unpaired) electrons. The molecule has 1 heterocycles. The van der Waals surface area contributed by atoms with E-state index < -0.39 is 12.1 Å². The van der Waals surface area contributed by atoms with Crippen LogP contribution in [0.15, 0.2) is 12.1 Å². The molecule has 1 aliphatic rings. The maximum absolute atomic E-state index is 11.6. The Morgan fingerprint density at radius 2 is 2.10 bits per heavy atom. The molecule has 0 fully saturated rings. The summed E-state index contributed by atoms with van der Waals surface area (Å²) in [6.07, 6.45) is -0.165. The Labute approximate surface area is 116 Å². The first-order chi connectivity index (χ1) is 9.69. The molecule has 0 saturated carbocycles. The molecule has 1 aliphatic heterocycles. The van der Waals surface area contributed by atoms with Gasteiger partial charge in [-0.05, 0) is 13.0 Å². The van der Waals surface area contributed by atoms with E-state index in [2.05, 4.69) is 0 Å². The van der Waals surface area contributed by atoms with E-state index in [1.165, 1.54) is 12.1 Å². The van der Waals surface area contributed by atoms with Gasteiger partial charge in [-0.1, -0.05) is 6.07 Å². The van der Waals surface area contributed by atoms with Crippen LogP contribution in [0.4, 0.5) is 0 Å². The van der Waals surface area contributed by atoms with Gasteiger partial charge in [0.1, 0.15) is 0 Å². The molecule has 1 atom stereocenters. The molecular formula is C14H16O6. The minimum atomic E-state index is -1.47. The number of aldehydes is 1. The summed E-state index contributed by atoms with van der Waals surface area (Å²) in [4.78, 5) is 22.7. The predicted molar refractivity (Wildman–Crippen MR) is 69.0 cm³/mol. The molecular weight excluding hydrogens is 264 g/mol. The lowest BCUT2D eigenvalue weighted by atomic mass is 10.0. The predicted octanol–water partition coefficient (Wildman–Crippen LogP) is 1.26. The van der Waals surface area contributed by atoms with Gasteiger partial charge >= 0.3 is 5.97 Å². The Morgan fingerprint density at radius 1 is 1.40 bits per heavy atom. The molecule has 1 unspecified atom stereocenters. The van der Waals surface area contributed by atoms with E-state index in [0.717, 1.165) is 0 Å². The smallest absolute Gasteiger partial charge is 0.339 e. The minimum Gasteiger partial charge on any atom is -0.489 e. The van der Waals surface area contributed by atoms with Gasteiger partial charge in [-0.2, -0.15) is 0 Å². The maximum atomic E-state index is 11.6. The molecule has 1 aromatic rings. The normalized spacial score (nSPS) is 15.1. The van der Waals surface area contributed by atoms with E-state index in [1.807, 2.05) is 0 Å². The summed E-state index contributed by atoms with van der Waals surface area (Å²) >= 11 is 0. The van der Waals surface area contributed by atoms with Gasteiger partial charge in [0, 0.05) is 12.0 Å². The number of esters is 1. The largest absolute Gasteiger partial charge is 0.489 e. The van der Waals surface area contributed by atoms with Gasteiger partial charge in [-0.25, -0.2) is 4.79 Å². The van der Waals surface area contributed by atoms with Gasteiger partial charge in [-0.15, -0.1) is 0 Å². The first kappa shape index (κ1) is 14.3. The summed E-state index contributed by atoms with van der Waals surface area (Å²) in [6, 6.07) is 2.96. The molecule has 0 bridgehead atoms. The van der Waals surface area contributed by atoms with Crippen LogP contribution in [0.3, 0.4) is 0 Å². The second-order valence-corrected chi connectivity index (χ2v) is 4.23. The number of benzene rings is 1.